The van der Waals surface area contributed by atoms with Crippen molar-refractivity contribution in [1.82, 2.24) is 0 Å². The molecule has 0 aromatic heterocycles. The van der Waals surface area contributed by atoms with Crippen molar-refractivity contribution in [2.45, 2.75) is 6.92 Å². The molecule has 0 atom stereocenters. The van der Waals surface area contributed by atoms with Crippen LogP contribution in [0.3, 0.4) is 0 Å². The third-order valence-electron chi connectivity index (χ3n) is 1.95. The van der Waals surface area contributed by atoms with Crippen LogP contribution in [0.15, 0.2) is 23.9 Å². The first-order valence-electron chi connectivity index (χ1n) is 4.31. The van der Waals surface area contributed by atoms with Gasteiger partial charge in [0.05, 0.1) is 10.0 Å². The average Bonchev–Trinajstić information content (AvgIpc) is 2.30. The Bertz CT molecular complexity index is 505. The lowest BCUT2D eigenvalue weighted by molar-refractivity contribution is 1.41. The first-order valence-corrected chi connectivity index (χ1v) is 5.07. The lowest BCUT2D eigenvalue weighted by Crippen LogP contribution is -1.93. The largest absolute Gasteiger partial charge is 0.360 e. The number of nitrogens with one attached hydrogen (secondary N) is 1. The third-order valence-corrected chi connectivity index (χ3v) is 2.85. The summed E-state index contributed by atoms with van der Waals surface area (Å²) in [5.41, 5.74) is 1.46. The number of hydrogen-bond acceptors (Lipinski definition) is 3. The minimum absolute atomic E-state index is 0.00882. The Labute approximate surface area is 104 Å². The minimum atomic E-state index is -0.00882. The summed E-state index contributed by atoms with van der Waals surface area (Å²) in [6.45, 7) is 1.79. The molecule has 0 aliphatic rings. The number of halogens is 2. The maximum atomic E-state index is 8.54. The number of rotatable bonds is 2. The first-order chi connectivity index (χ1) is 7.60. The van der Waals surface area contributed by atoms with Crippen LogP contribution in [0.5, 0.6) is 0 Å². The van der Waals surface area contributed by atoms with Gasteiger partial charge in [-0.2, -0.15) is 10.5 Å². The standard InChI is InChI=1S/C11H7Cl2N3/c1-7-10(3-2-9(12)11(7)13)16-6-8(4-14)5-15/h2-3,6,16H,1H3. The predicted molar refractivity (Wildman–Crippen MR) is 64.1 cm³/mol. The van der Waals surface area contributed by atoms with Crippen LogP contribution in [0, 0.1) is 29.6 Å². The van der Waals surface area contributed by atoms with Crippen molar-refractivity contribution in [3.63, 3.8) is 0 Å². The molecule has 0 spiro atoms. The molecule has 0 amide bonds. The van der Waals surface area contributed by atoms with Crippen LogP contribution in [0.25, 0.3) is 0 Å². The van der Waals surface area contributed by atoms with E-state index in [1.165, 1.54) is 6.20 Å². The summed E-state index contributed by atoms with van der Waals surface area (Å²) in [5, 5.41) is 20.8. The van der Waals surface area contributed by atoms with E-state index in [9.17, 15) is 0 Å². The molecule has 0 saturated heterocycles. The van der Waals surface area contributed by atoms with Gasteiger partial charge in [-0.05, 0) is 24.6 Å². The Morgan fingerprint density at radius 2 is 1.94 bits per heavy atom. The normalized spacial score (nSPS) is 8.81. The molecule has 1 aromatic carbocycles. The van der Waals surface area contributed by atoms with Gasteiger partial charge in [0.25, 0.3) is 0 Å². The fourth-order valence-electron chi connectivity index (χ4n) is 1.05. The van der Waals surface area contributed by atoms with Gasteiger partial charge >= 0.3 is 0 Å². The van der Waals surface area contributed by atoms with Gasteiger partial charge in [0.2, 0.25) is 0 Å². The van der Waals surface area contributed by atoms with Crippen LogP contribution < -0.4 is 5.32 Å². The molecule has 80 valence electrons. The monoisotopic (exact) mass is 251 g/mol. The summed E-state index contributed by atoms with van der Waals surface area (Å²) in [6.07, 6.45) is 1.33. The Kier molecular flexibility index (Phi) is 4.19. The highest BCUT2D eigenvalue weighted by molar-refractivity contribution is 6.42. The summed E-state index contributed by atoms with van der Waals surface area (Å²) in [6, 6.07) is 6.86. The Morgan fingerprint density at radius 1 is 1.31 bits per heavy atom. The van der Waals surface area contributed by atoms with Crippen molar-refractivity contribution < 1.29 is 0 Å². The van der Waals surface area contributed by atoms with E-state index in [1.54, 1.807) is 31.2 Å². The molecule has 3 nitrogen and oxygen atoms in total. The van der Waals surface area contributed by atoms with E-state index in [0.29, 0.717) is 15.7 Å². The molecule has 0 bridgehead atoms. The second-order valence-electron chi connectivity index (χ2n) is 2.96. The van der Waals surface area contributed by atoms with Crippen molar-refractivity contribution in [3.05, 3.63) is 39.5 Å². The van der Waals surface area contributed by atoms with Crippen molar-refractivity contribution in [2.24, 2.45) is 0 Å². The molecule has 0 aliphatic carbocycles. The van der Waals surface area contributed by atoms with Gasteiger partial charge in [0.1, 0.15) is 17.7 Å². The highest BCUT2D eigenvalue weighted by atomic mass is 35.5. The zero-order valence-corrected chi connectivity index (χ0v) is 9.89. The lowest BCUT2D eigenvalue weighted by Gasteiger charge is -2.08. The highest BCUT2D eigenvalue weighted by Gasteiger charge is 2.05. The number of hydrogen-bond donors (Lipinski definition) is 1. The molecule has 1 N–H and O–H groups in total. The second-order valence-corrected chi connectivity index (χ2v) is 3.75. The smallest absolute Gasteiger partial charge is 0.145 e. The fraction of sp³-hybridized carbons (Fsp3) is 0.0909. The zero-order valence-electron chi connectivity index (χ0n) is 8.38. The molecule has 0 saturated carbocycles. The van der Waals surface area contributed by atoms with Crippen LogP contribution in [0.2, 0.25) is 10.0 Å². The summed E-state index contributed by atoms with van der Waals surface area (Å²) >= 11 is 11.8. The van der Waals surface area contributed by atoms with Gasteiger partial charge < -0.3 is 5.32 Å². The Balaban J connectivity index is 3.02. The van der Waals surface area contributed by atoms with Crippen LogP contribution in [0.1, 0.15) is 5.56 Å². The zero-order chi connectivity index (χ0) is 12.1. The number of allylic oxidation sites excluding steroid dienone is 1. The molecule has 0 heterocycles. The van der Waals surface area contributed by atoms with Gasteiger partial charge in [0, 0.05) is 11.9 Å². The second kappa shape index (κ2) is 5.42. The molecule has 1 aromatic rings. The van der Waals surface area contributed by atoms with Gasteiger partial charge in [-0.1, -0.05) is 23.2 Å². The van der Waals surface area contributed by atoms with Crippen molar-refractivity contribution in [3.8, 4) is 12.1 Å². The molecule has 0 radical (unpaired) electrons. The molecular weight excluding hydrogens is 245 g/mol. The molecule has 1 rings (SSSR count). The van der Waals surface area contributed by atoms with E-state index in [1.807, 2.05) is 0 Å². The number of benzene rings is 1. The minimum Gasteiger partial charge on any atom is -0.360 e. The molecule has 16 heavy (non-hydrogen) atoms. The molecule has 0 fully saturated rings. The van der Waals surface area contributed by atoms with E-state index in [-0.39, 0.29) is 5.57 Å². The van der Waals surface area contributed by atoms with Crippen LogP contribution >= 0.6 is 23.2 Å². The molecule has 5 heteroatoms. The van der Waals surface area contributed by atoms with E-state index < -0.39 is 0 Å². The van der Waals surface area contributed by atoms with E-state index in [4.69, 9.17) is 33.7 Å². The molecular formula is C11H7Cl2N3. The van der Waals surface area contributed by atoms with E-state index in [0.717, 1.165) is 5.56 Å². The van der Waals surface area contributed by atoms with Gasteiger partial charge in [-0.15, -0.1) is 0 Å². The third kappa shape index (κ3) is 2.67. The van der Waals surface area contributed by atoms with E-state index in [2.05, 4.69) is 5.32 Å². The topological polar surface area (TPSA) is 59.6 Å². The number of anilines is 1. The molecule has 0 aliphatic heterocycles. The summed E-state index contributed by atoms with van der Waals surface area (Å²) in [4.78, 5) is 0. The Morgan fingerprint density at radius 3 is 2.50 bits per heavy atom. The summed E-state index contributed by atoms with van der Waals surface area (Å²) in [5.74, 6) is 0. The Hall–Kier alpha value is -1.68. The van der Waals surface area contributed by atoms with Gasteiger partial charge in [-0.25, -0.2) is 0 Å². The average molecular weight is 252 g/mol. The van der Waals surface area contributed by atoms with Crippen molar-refractivity contribution in [2.75, 3.05) is 5.32 Å². The lowest BCUT2D eigenvalue weighted by atomic mass is 10.2. The van der Waals surface area contributed by atoms with E-state index >= 15 is 0 Å². The SMILES string of the molecule is Cc1c(NC=C(C#N)C#N)ccc(Cl)c1Cl. The van der Waals surface area contributed by atoms with Gasteiger partial charge in [0.15, 0.2) is 0 Å². The summed E-state index contributed by atoms with van der Waals surface area (Å²) in [7, 11) is 0. The predicted octanol–water partition coefficient (Wildman–Crippen LogP) is 3.64. The fourth-order valence-corrected chi connectivity index (χ4v) is 1.42. The van der Waals surface area contributed by atoms with Crippen LogP contribution in [-0.4, -0.2) is 0 Å². The number of nitrogens with zero attached hydrogens (tertiary/aromatic N) is 2. The summed E-state index contributed by atoms with van der Waals surface area (Å²) < 4.78 is 0. The van der Waals surface area contributed by atoms with Gasteiger partial charge in [-0.3, -0.25) is 0 Å². The van der Waals surface area contributed by atoms with Crippen LogP contribution in [-0.2, 0) is 0 Å². The maximum absolute atomic E-state index is 8.54. The quantitative estimate of drug-likeness (QED) is 0.817. The first kappa shape index (κ1) is 12.4. The molecule has 0 unspecified atom stereocenters. The van der Waals surface area contributed by atoms with Crippen LogP contribution in [0.4, 0.5) is 5.69 Å². The number of nitriles is 2. The maximum Gasteiger partial charge on any atom is 0.145 e. The highest BCUT2D eigenvalue weighted by Crippen LogP contribution is 2.30. The van der Waals surface area contributed by atoms with Crippen molar-refractivity contribution in [1.29, 1.82) is 10.5 Å². The van der Waals surface area contributed by atoms with Crippen molar-refractivity contribution >= 4 is 28.9 Å².